The van der Waals surface area contributed by atoms with Gasteiger partial charge in [-0.3, -0.25) is 4.79 Å². The number of carbonyl (C=O) groups is 1. The molecular formula is C13H12FN5OS. The van der Waals surface area contributed by atoms with Crippen LogP contribution in [0, 0.1) is 12.7 Å². The highest BCUT2D eigenvalue weighted by molar-refractivity contribution is 7.16. The Morgan fingerprint density at radius 2 is 2.10 bits per heavy atom. The van der Waals surface area contributed by atoms with Gasteiger partial charge in [0.1, 0.15) is 10.8 Å². The zero-order chi connectivity index (χ0) is 14.8. The summed E-state index contributed by atoms with van der Waals surface area (Å²) in [6.45, 7) is 2.29. The number of carbonyl (C=O) groups excluding carboxylic acids is 1. The van der Waals surface area contributed by atoms with Gasteiger partial charge in [-0.2, -0.15) is 9.61 Å². The Hall–Kier alpha value is -2.35. The van der Waals surface area contributed by atoms with E-state index in [1.54, 1.807) is 4.52 Å². The molecule has 0 unspecified atom stereocenters. The normalized spacial score (nSPS) is 11.0. The van der Waals surface area contributed by atoms with Gasteiger partial charge in [0.15, 0.2) is 5.82 Å². The van der Waals surface area contributed by atoms with Crippen molar-refractivity contribution in [2.24, 2.45) is 0 Å². The molecule has 3 aromatic rings. The van der Waals surface area contributed by atoms with E-state index in [4.69, 9.17) is 0 Å². The van der Waals surface area contributed by atoms with Gasteiger partial charge in [0.2, 0.25) is 4.96 Å². The van der Waals surface area contributed by atoms with E-state index in [2.05, 4.69) is 20.6 Å². The lowest BCUT2D eigenvalue weighted by Gasteiger charge is -2.03. The minimum absolute atomic E-state index is 0.228. The number of rotatable bonds is 4. The van der Waals surface area contributed by atoms with E-state index in [-0.39, 0.29) is 11.7 Å². The molecule has 0 spiro atoms. The Morgan fingerprint density at radius 1 is 1.33 bits per heavy atom. The molecule has 1 N–H and O–H groups in total. The Morgan fingerprint density at radius 3 is 2.81 bits per heavy atom. The van der Waals surface area contributed by atoms with Gasteiger partial charge in [-0.25, -0.2) is 4.39 Å². The van der Waals surface area contributed by atoms with Crippen molar-refractivity contribution < 1.29 is 9.18 Å². The molecule has 3 rings (SSSR count). The van der Waals surface area contributed by atoms with Crippen molar-refractivity contribution in [3.63, 3.8) is 0 Å². The largest absolute Gasteiger partial charge is 0.352 e. The van der Waals surface area contributed by atoms with Crippen LogP contribution in [0.5, 0.6) is 0 Å². The van der Waals surface area contributed by atoms with Crippen molar-refractivity contribution in [2.75, 3.05) is 6.54 Å². The van der Waals surface area contributed by atoms with Crippen LogP contribution >= 0.6 is 11.3 Å². The van der Waals surface area contributed by atoms with Crippen LogP contribution in [-0.2, 0) is 6.42 Å². The molecule has 0 saturated heterocycles. The summed E-state index contributed by atoms with van der Waals surface area (Å²) in [5, 5.41) is 15.9. The summed E-state index contributed by atoms with van der Waals surface area (Å²) < 4.78 is 14.5. The number of amides is 1. The van der Waals surface area contributed by atoms with Gasteiger partial charge in [-0.15, -0.1) is 10.2 Å². The van der Waals surface area contributed by atoms with Crippen molar-refractivity contribution >= 4 is 22.2 Å². The summed E-state index contributed by atoms with van der Waals surface area (Å²) >= 11 is 1.44. The van der Waals surface area contributed by atoms with Gasteiger partial charge in [0, 0.05) is 18.5 Å². The van der Waals surface area contributed by atoms with Crippen LogP contribution < -0.4 is 5.32 Å². The highest BCUT2D eigenvalue weighted by Gasteiger charge is 2.09. The maximum atomic E-state index is 12.8. The van der Waals surface area contributed by atoms with Crippen LogP contribution in [0.2, 0.25) is 0 Å². The number of aromatic nitrogens is 4. The Bertz CT molecular complexity index is 780. The lowest BCUT2D eigenvalue weighted by molar-refractivity contribution is 0.0954. The van der Waals surface area contributed by atoms with Crippen molar-refractivity contribution in [2.45, 2.75) is 13.3 Å². The Kier molecular flexibility index (Phi) is 3.61. The van der Waals surface area contributed by atoms with Gasteiger partial charge in [0.25, 0.3) is 5.91 Å². The van der Waals surface area contributed by atoms with Gasteiger partial charge >= 0.3 is 0 Å². The summed E-state index contributed by atoms with van der Waals surface area (Å²) in [6, 6.07) is 5.44. The van der Waals surface area contributed by atoms with Crippen molar-refractivity contribution in [1.29, 1.82) is 0 Å². The standard InChI is InChI=1S/C13H12FN5OS/c1-8-16-17-13-19(8)18-11(21-13)6-7-15-12(20)9-2-4-10(14)5-3-9/h2-5H,6-7H2,1H3,(H,15,20). The first-order chi connectivity index (χ1) is 10.1. The number of nitrogens with one attached hydrogen (secondary N) is 1. The first-order valence-electron chi connectivity index (χ1n) is 6.35. The van der Waals surface area contributed by atoms with E-state index in [0.717, 1.165) is 15.8 Å². The maximum Gasteiger partial charge on any atom is 0.251 e. The average molecular weight is 305 g/mol. The number of halogens is 1. The molecule has 0 saturated carbocycles. The molecule has 0 aliphatic heterocycles. The molecule has 2 heterocycles. The zero-order valence-electron chi connectivity index (χ0n) is 11.2. The maximum absolute atomic E-state index is 12.8. The first-order valence-corrected chi connectivity index (χ1v) is 7.16. The molecule has 108 valence electrons. The Balaban J connectivity index is 1.58. The summed E-state index contributed by atoms with van der Waals surface area (Å²) in [4.78, 5) is 12.6. The van der Waals surface area contributed by atoms with E-state index in [0.29, 0.717) is 18.5 Å². The van der Waals surface area contributed by atoms with Gasteiger partial charge in [-0.05, 0) is 31.2 Å². The monoisotopic (exact) mass is 305 g/mol. The van der Waals surface area contributed by atoms with Gasteiger partial charge in [-0.1, -0.05) is 11.3 Å². The molecule has 2 aromatic heterocycles. The summed E-state index contributed by atoms with van der Waals surface area (Å²) in [5.74, 6) is 0.152. The van der Waals surface area contributed by atoms with E-state index in [9.17, 15) is 9.18 Å². The highest BCUT2D eigenvalue weighted by atomic mass is 32.1. The second kappa shape index (κ2) is 5.57. The molecule has 1 aromatic carbocycles. The summed E-state index contributed by atoms with van der Waals surface area (Å²) in [5.41, 5.74) is 0.436. The van der Waals surface area contributed by atoms with Crippen LogP contribution in [-0.4, -0.2) is 32.3 Å². The van der Waals surface area contributed by atoms with Crippen molar-refractivity contribution in [3.05, 3.63) is 46.5 Å². The van der Waals surface area contributed by atoms with Crippen LogP contribution in [0.25, 0.3) is 4.96 Å². The quantitative estimate of drug-likeness (QED) is 0.795. The molecule has 6 nitrogen and oxygen atoms in total. The summed E-state index contributed by atoms with van der Waals surface area (Å²) in [6.07, 6.45) is 0.612. The molecule has 0 aliphatic carbocycles. The number of hydrogen-bond acceptors (Lipinski definition) is 5. The van der Waals surface area contributed by atoms with Gasteiger partial charge < -0.3 is 5.32 Å². The van der Waals surface area contributed by atoms with E-state index >= 15 is 0 Å². The minimum atomic E-state index is -0.360. The second-order valence-corrected chi connectivity index (χ2v) is 5.49. The van der Waals surface area contributed by atoms with E-state index in [1.165, 1.54) is 35.6 Å². The van der Waals surface area contributed by atoms with Crippen LogP contribution in [0.1, 0.15) is 21.2 Å². The molecule has 0 bridgehead atoms. The van der Waals surface area contributed by atoms with Crippen molar-refractivity contribution in [1.82, 2.24) is 25.1 Å². The predicted octanol–water partition coefficient (Wildman–Crippen LogP) is 1.61. The number of hydrogen-bond donors (Lipinski definition) is 1. The molecule has 8 heteroatoms. The fraction of sp³-hybridized carbons (Fsp3) is 0.231. The zero-order valence-corrected chi connectivity index (χ0v) is 12.0. The topological polar surface area (TPSA) is 72.2 Å². The van der Waals surface area contributed by atoms with Crippen LogP contribution in [0.15, 0.2) is 24.3 Å². The lowest BCUT2D eigenvalue weighted by Crippen LogP contribution is -2.25. The highest BCUT2D eigenvalue weighted by Crippen LogP contribution is 2.13. The molecule has 0 aliphatic rings. The molecule has 0 fully saturated rings. The third-order valence-corrected chi connectivity index (χ3v) is 3.88. The average Bonchev–Trinajstić information content (AvgIpc) is 3.02. The molecule has 0 atom stereocenters. The number of fused-ring (bicyclic) bond motifs is 1. The number of benzene rings is 1. The fourth-order valence-corrected chi connectivity index (χ4v) is 2.72. The summed E-state index contributed by atoms with van der Waals surface area (Å²) in [7, 11) is 0. The first kappa shape index (κ1) is 13.6. The molecule has 1 amide bonds. The van der Waals surface area contributed by atoms with E-state index < -0.39 is 0 Å². The molecule has 21 heavy (non-hydrogen) atoms. The molecule has 0 radical (unpaired) electrons. The SMILES string of the molecule is Cc1nnc2sc(CCNC(=O)c3ccc(F)cc3)nn12. The Labute approximate surface area is 123 Å². The number of aryl methyl sites for hydroxylation is 1. The fourth-order valence-electron chi connectivity index (χ4n) is 1.84. The minimum Gasteiger partial charge on any atom is -0.352 e. The second-order valence-electron chi connectivity index (χ2n) is 4.45. The smallest absolute Gasteiger partial charge is 0.251 e. The van der Waals surface area contributed by atoms with E-state index in [1.807, 2.05) is 6.92 Å². The third kappa shape index (κ3) is 2.89. The van der Waals surface area contributed by atoms with Crippen LogP contribution in [0.3, 0.4) is 0 Å². The predicted molar refractivity (Wildman–Crippen MR) is 75.8 cm³/mol. The molecular weight excluding hydrogens is 293 g/mol. The third-order valence-electron chi connectivity index (χ3n) is 2.92. The van der Waals surface area contributed by atoms with Gasteiger partial charge in [0.05, 0.1) is 0 Å². The number of nitrogens with zero attached hydrogens (tertiary/aromatic N) is 4. The lowest BCUT2D eigenvalue weighted by atomic mass is 10.2. The van der Waals surface area contributed by atoms with Crippen LogP contribution in [0.4, 0.5) is 4.39 Å². The van der Waals surface area contributed by atoms with Crippen molar-refractivity contribution in [3.8, 4) is 0 Å².